The highest BCUT2D eigenvalue weighted by molar-refractivity contribution is 5.71. The monoisotopic (exact) mass is 500 g/mol. The van der Waals surface area contributed by atoms with E-state index in [-0.39, 0.29) is 18.8 Å². The molecule has 0 aliphatic carbocycles. The average Bonchev–Trinajstić information content (AvgIpc) is 2.81. The molecule has 0 heterocycles. The van der Waals surface area contributed by atoms with E-state index in [1.54, 1.807) is 0 Å². The molecule has 0 aromatic carbocycles. The summed E-state index contributed by atoms with van der Waals surface area (Å²) in [7, 11) is 0. The number of rotatable bonds is 25. The van der Waals surface area contributed by atoms with Crippen LogP contribution in [0.2, 0.25) is 0 Å². The molecule has 2 N–H and O–H groups in total. The smallest absolute Gasteiger partial charge is 0.305 e. The van der Waals surface area contributed by atoms with Crippen LogP contribution in [0, 0.1) is 0 Å². The number of unbranched alkanes of at least 4 members (excludes halogenated alkanes) is 17. The number of hydrogen-bond acceptors (Lipinski definition) is 4. The zero-order valence-corrected chi connectivity index (χ0v) is 23.0. The molecule has 0 bridgehead atoms. The van der Waals surface area contributed by atoms with E-state index in [1.807, 2.05) is 0 Å². The first-order valence-corrected chi connectivity index (χ1v) is 14.5. The zero-order valence-electron chi connectivity index (χ0n) is 23.0. The molecule has 6 nitrogen and oxygen atoms in total. The lowest BCUT2D eigenvalue weighted by atomic mass is 10.1. The van der Waals surface area contributed by atoms with Gasteiger partial charge in [-0.15, -0.1) is 0 Å². The summed E-state index contributed by atoms with van der Waals surface area (Å²) in [6, 6.07) is 0. The lowest BCUT2D eigenvalue weighted by Gasteiger charge is -2.04. The minimum absolute atomic E-state index is 0.0351. The van der Waals surface area contributed by atoms with E-state index < -0.39 is 11.9 Å². The number of carboxylic acids is 2. The van der Waals surface area contributed by atoms with Gasteiger partial charge in [-0.3, -0.25) is 14.4 Å². The van der Waals surface area contributed by atoms with E-state index in [0.29, 0.717) is 19.4 Å². The van der Waals surface area contributed by atoms with Crippen molar-refractivity contribution in [1.82, 2.24) is 0 Å². The molecule has 0 aromatic heterocycles. The van der Waals surface area contributed by atoms with Gasteiger partial charge in [-0.25, -0.2) is 0 Å². The Balaban J connectivity index is 0. The number of carbonyl (C=O) groups is 3. The van der Waals surface area contributed by atoms with Gasteiger partial charge in [-0.2, -0.15) is 0 Å². The van der Waals surface area contributed by atoms with Crippen LogP contribution in [0.3, 0.4) is 0 Å². The molecule has 0 atom stereocenters. The fourth-order valence-corrected chi connectivity index (χ4v) is 3.82. The van der Waals surface area contributed by atoms with Gasteiger partial charge in [0, 0.05) is 19.3 Å². The summed E-state index contributed by atoms with van der Waals surface area (Å²) < 4.78 is 5.06. The van der Waals surface area contributed by atoms with Crippen molar-refractivity contribution in [2.45, 2.75) is 162 Å². The fraction of sp³-hybridized carbons (Fsp3) is 0.897. The first kappa shape index (κ1) is 35.6. The van der Waals surface area contributed by atoms with Gasteiger partial charge < -0.3 is 14.9 Å². The normalized spacial score (nSPS) is 10.5. The Labute approximate surface area is 215 Å². The molecular formula is C29H56O6. The average molecular weight is 501 g/mol. The molecular weight excluding hydrogens is 444 g/mol. The number of ether oxygens (including phenoxy) is 1. The van der Waals surface area contributed by atoms with Crippen LogP contribution in [0.4, 0.5) is 0 Å². The molecule has 0 saturated carbocycles. The van der Waals surface area contributed by atoms with Gasteiger partial charge in [-0.1, -0.05) is 123 Å². The highest BCUT2D eigenvalue weighted by atomic mass is 16.5. The summed E-state index contributed by atoms with van der Waals surface area (Å²) in [4.78, 5) is 31.8. The minimum Gasteiger partial charge on any atom is -0.481 e. The summed E-state index contributed by atoms with van der Waals surface area (Å²) in [6.07, 6.45) is 24.7. The Kier molecular flexibility index (Phi) is 30.9. The van der Waals surface area contributed by atoms with E-state index in [1.165, 1.54) is 96.3 Å². The molecule has 0 aliphatic rings. The van der Waals surface area contributed by atoms with Crippen LogP contribution in [0.5, 0.6) is 0 Å². The Morgan fingerprint density at radius 3 is 1.20 bits per heavy atom. The lowest BCUT2D eigenvalue weighted by molar-refractivity contribution is -0.144. The van der Waals surface area contributed by atoms with Gasteiger partial charge in [0.15, 0.2) is 0 Å². The number of aliphatic carboxylic acids is 2. The van der Waals surface area contributed by atoms with Crippen molar-refractivity contribution >= 4 is 17.9 Å². The molecule has 0 radical (unpaired) electrons. The standard InChI is InChI=1S/C17H32O4.C12H24O2/c1-2-3-4-5-6-7-8-9-10-11-15-21-17(20)14-12-13-16(18)19;1-2-3-4-5-6-7-8-9-10-11-12(13)14/h2-15H2,1H3,(H,18,19);2-11H2,1H3,(H,13,14). The van der Waals surface area contributed by atoms with Crippen LogP contribution < -0.4 is 0 Å². The highest BCUT2D eigenvalue weighted by Gasteiger charge is 2.04. The van der Waals surface area contributed by atoms with E-state index >= 15 is 0 Å². The molecule has 208 valence electrons. The van der Waals surface area contributed by atoms with Gasteiger partial charge in [0.2, 0.25) is 0 Å². The quantitative estimate of drug-likeness (QED) is 0.0960. The Hall–Kier alpha value is -1.59. The largest absolute Gasteiger partial charge is 0.481 e. The maximum absolute atomic E-state index is 11.3. The summed E-state index contributed by atoms with van der Waals surface area (Å²) in [6.45, 7) is 4.94. The van der Waals surface area contributed by atoms with E-state index in [4.69, 9.17) is 14.9 Å². The van der Waals surface area contributed by atoms with Gasteiger partial charge in [0.25, 0.3) is 0 Å². The summed E-state index contributed by atoms with van der Waals surface area (Å²) in [5.41, 5.74) is 0. The van der Waals surface area contributed by atoms with E-state index in [9.17, 15) is 14.4 Å². The van der Waals surface area contributed by atoms with Crippen molar-refractivity contribution in [2.75, 3.05) is 6.61 Å². The van der Waals surface area contributed by atoms with Crippen LogP contribution >= 0.6 is 0 Å². The predicted molar refractivity (Wildman–Crippen MR) is 144 cm³/mol. The van der Waals surface area contributed by atoms with Crippen molar-refractivity contribution in [3.63, 3.8) is 0 Å². The predicted octanol–water partition coefficient (Wildman–Crippen LogP) is 8.70. The molecule has 0 rings (SSSR count). The number of carbonyl (C=O) groups excluding carboxylic acids is 1. The van der Waals surface area contributed by atoms with Crippen LogP contribution in [0.15, 0.2) is 0 Å². The van der Waals surface area contributed by atoms with Crippen molar-refractivity contribution in [2.24, 2.45) is 0 Å². The second kappa shape index (κ2) is 30.4. The van der Waals surface area contributed by atoms with Crippen molar-refractivity contribution in [3.05, 3.63) is 0 Å². The molecule has 0 fully saturated rings. The third-order valence-electron chi connectivity index (χ3n) is 6.03. The van der Waals surface area contributed by atoms with Crippen LogP contribution in [-0.2, 0) is 19.1 Å². The lowest BCUT2D eigenvalue weighted by Crippen LogP contribution is -2.06. The first-order valence-electron chi connectivity index (χ1n) is 14.5. The SMILES string of the molecule is CCCCCCCCCCCC(=O)O.CCCCCCCCCCCCOC(=O)CCCC(=O)O. The van der Waals surface area contributed by atoms with Gasteiger partial charge >= 0.3 is 17.9 Å². The van der Waals surface area contributed by atoms with Crippen LogP contribution in [0.25, 0.3) is 0 Å². The minimum atomic E-state index is -0.863. The molecule has 0 spiro atoms. The molecule has 0 amide bonds. The summed E-state index contributed by atoms with van der Waals surface area (Å²) in [5, 5.41) is 16.9. The second-order valence-electron chi connectivity index (χ2n) is 9.62. The second-order valence-corrected chi connectivity index (χ2v) is 9.62. The van der Waals surface area contributed by atoms with Gasteiger partial charge in [0.05, 0.1) is 6.61 Å². The first-order chi connectivity index (χ1) is 16.9. The Morgan fingerprint density at radius 1 is 0.457 bits per heavy atom. The molecule has 0 saturated heterocycles. The highest BCUT2D eigenvalue weighted by Crippen LogP contribution is 2.11. The van der Waals surface area contributed by atoms with Crippen molar-refractivity contribution in [1.29, 1.82) is 0 Å². The van der Waals surface area contributed by atoms with Crippen LogP contribution in [-0.4, -0.2) is 34.7 Å². The third kappa shape index (κ3) is 37.1. The number of carboxylic acid groups (broad SMARTS) is 2. The summed E-state index contributed by atoms with van der Waals surface area (Å²) in [5.74, 6) is -1.79. The molecule has 0 aliphatic heterocycles. The van der Waals surface area contributed by atoms with Gasteiger partial charge in [-0.05, 0) is 19.3 Å². The molecule has 35 heavy (non-hydrogen) atoms. The molecule has 0 aromatic rings. The Bertz CT molecular complexity index is 478. The summed E-state index contributed by atoms with van der Waals surface area (Å²) >= 11 is 0. The maximum atomic E-state index is 11.3. The molecule has 6 heteroatoms. The maximum Gasteiger partial charge on any atom is 0.305 e. The van der Waals surface area contributed by atoms with Crippen LogP contribution in [0.1, 0.15) is 162 Å². The number of esters is 1. The third-order valence-corrected chi connectivity index (χ3v) is 6.03. The van der Waals surface area contributed by atoms with E-state index in [2.05, 4.69) is 13.8 Å². The van der Waals surface area contributed by atoms with Gasteiger partial charge in [0.1, 0.15) is 0 Å². The van der Waals surface area contributed by atoms with Crippen molar-refractivity contribution < 1.29 is 29.3 Å². The Morgan fingerprint density at radius 2 is 0.800 bits per heavy atom. The zero-order chi connectivity index (χ0) is 26.4. The fourth-order valence-electron chi connectivity index (χ4n) is 3.82. The van der Waals surface area contributed by atoms with E-state index in [0.717, 1.165) is 25.7 Å². The number of hydrogen-bond donors (Lipinski definition) is 2. The topological polar surface area (TPSA) is 101 Å². The van der Waals surface area contributed by atoms with Crippen molar-refractivity contribution in [3.8, 4) is 0 Å². The molecule has 0 unspecified atom stereocenters.